The molecule has 0 aliphatic carbocycles. The van der Waals surface area contributed by atoms with Crippen molar-refractivity contribution in [1.82, 2.24) is 10.2 Å². The molecule has 0 aromatic heterocycles. The molecule has 0 spiro atoms. The zero-order valence-electron chi connectivity index (χ0n) is 10.2. The van der Waals surface area contributed by atoms with Crippen LogP contribution in [0.2, 0.25) is 0 Å². The summed E-state index contributed by atoms with van der Waals surface area (Å²) in [7, 11) is 1.65. The first-order valence-electron chi connectivity index (χ1n) is 6.00. The van der Waals surface area contributed by atoms with E-state index in [1.54, 1.807) is 7.11 Å². The smallest absolute Gasteiger partial charge is 0.383 e. The summed E-state index contributed by atoms with van der Waals surface area (Å²) in [6.07, 6.45) is -2.38. The molecular formula is C11H21F3N2O. The van der Waals surface area contributed by atoms with E-state index in [0.29, 0.717) is 25.6 Å². The molecule has 1 aliphatic heterocycles. The van der Waals surface area contributed by atoms with Crippen LogP contribution >= 0.6 is 0 Å². The van der Waals surface area contributed by atoms with E-state index in [1.807, 2.05) is 0 Å². The summed E-state index contributed by atoms with van der Waals surface area (Å²) in [4.78, 5) is 1.49. The van der Waals surface area contributed by atoms with Crippen LogP contribution in [0.25, 0.3) is 0 Å². The molecule has 1 rings (SSSR count). The number of likely N-dealkylation sites (tertiary alicyclic amines) is 1. The Morgan fingerprint density at radius 2 is 1.94 bits per heavy atom. The van der Waals surface area contributed by atoms with Crippen LogP contribution in [0, 0.1) is 5.92 Å². The molecule has 1 fully saturated rings. The number of ether oxygens (including phenoxy) is 1. The van der Waals surface area contributed by atoms with Gasteiger partial charge in [-0.2, -0.15) is 13.2 Å². The maximum Gasteiger partial charge on any atom is 0.401 e. The monoisotopic (exact) mass is 254 g/mol. The van der Waals surface area contributed by atoms with Gasteiger partial charge in [0, 0.05) is 13.7 Å². The third kappa shape index (κ3) is 6.85. The summed E-state index contributed by atoms with van der Waals surface area (Å²) in [5.74, 6) is 0.497. The summed E-state index contributed by atoms with van der Waals surface area (Å²) in [6.45, 7) is 2.69. The lowest BCUT2D eigenvalue weighted by molar-refractivity contribution is -0.148. The SMILES string of the molecule is COCCNCC1CCN(CC(F)(F)F)CC1. The Bertz CT molecular complexity index is 203. The average Bonchev–Trinajstić information content (AvgIpc) is 2.25. The predicted molar refractivity (Wildman–Crippen MR) is 60.0 cm³/mol. The van der Waals surface area contributed by atoms with Gasteiger partial charge in [-0.05, 0) is 38.4 Å². The van der Waals surface area contributed by atoms with Gasteiger partial charge in [-0.3, -0.25) is 4.90 Å². The molecule has 0 aromatic carbocycles. The van der Waals surface area contributed by atoms with Crippen molar-refractivity contribution in [2.75, 3.05) is 46.4 Å². The fraction of sp³-hybridized carbons (Fsp3) is 1.00. The predicted octanol–water partition coefficient (Wildman–Crippen LogP) is 1.50. The topological polar surface area (TPSA) is 24.5 Å². The standard InChI is InChI=1S/C11H21F3N2O/c1-17-7-4-15-8-10-2-5-16(6-3-10)9-11(12,13)14/h10,15H,2-9H2,1H3. The Morgan fingerprint density at radius 1 is 1.29 bits per heavy atom. The van der Waals surface area contributed by atoms with E-state index in [0.717, 1.165) is 25.9 Å². The highest BCUT2D eigenvalue weighted by Crippen LogP contribution is 2.21. The fourth-order valence-corrected chi connectivity index (χ4v) is 2.08. The molecule has 0 amide bonds. The zero-order chi connectivity index (χ0) is 12.7. The highest BCUT2D eigenvalue weighted by Gasteiger charge is 2.32. The van der Waals surface area contributed by atoms with E-state index >= 15 is 0 Å². The number of nitrogens with zero attached hydrogens (tertiary/aromatic N) is 1. The van der Waals surface area contributed by atoms with Crippen LogP contribution in [0.15, 0.2) is 0 Å². The van der Waals surface area contributed by atoms with E-state index in [4.69, 9.17) is 4.74 Å². The number of hydrogen-bond acceptors (Lipinski definition) is 3. The molecule has 3 nitrogen and oxygen atoms in total. The fourth-order valence-electron chi connectivity index (χ4n) is 2.08. The first kappa shape index (κ1) is 14.7. The first-order valence-corrected chi connectivity index (χ1v) is 6.00. The largest absolute Gasteiger partial charge is 0.401 e. The Hall–Kier alpha value is -0.330. The minimum Gasteiger partial charge on any atom is -0.383 e. The normalized spacial score (nSPS) is 19.8. The summed E-state index contributed by atoms with van der Waals surface area (Å²) in [5, 5.41) is 3.25. The Balaban J connectivity index is 2.09. The second-order valence-corrected chi connectivity index (χ2v) is 4.53. The zero-order valence-corrected chi connectivity index (χ0v) is 10.2. The maximum absolute atomic E-state index is 12.2. The Morgan fingerprint density at radius 3 is 2.47 bits per heavy atom. The molecule has 0 unspecified atom stereocenters. The number of alkyl halides is 3. The number of nitrogens with one attached hydrogen (secondary N) is 1. The molecule has 0 atom stereocenters. The minimum absolute atomic E-state index is 0.497. The van der Waals surface area contributed by atoms with Crippen molar-refractivity contribution in [2.24, 2.45) is 5.92 Å². The van der Waals surface area contributed by atoms with Gasteiger partial charge in [-0.1, -0.05) is 0 Å². The molecule has 6 heteroatoms. The molecule has 0 aromatic rings. The molecule has 17 heavy (non-hydrogen) atoms. The third-order valence-electron chi connectivity index (χ3n) is 3.03. The Kier molecular flexibility index (Phi) is 6.22. The van der Waals surface area contributed by atoms with Gasteiger partial charge in [0.25, 0.3) is 0 Å². The first-order chi connectivity index (χ1) is 8.01. The lowest BCUT2D eigenvalue weighted by atomic mass is 9.97. The van der Waals surface area contributed by atoms with Gasteiger partial charge in [-0.15, -0.1) is 0 Å². The quantitative estimate of drug-likeness (QED) is 0.727. The second-order valence-electron chi connectivity index (χ2n) is 4.53. The van der Waals surface area contributed by atoms with E-state index in [-0.39, 0.29) is 0 Å². The number of methoxy groups -OCH3 is 1. The lowest BCUT2D eigenvalue weighted by Crippen LogP contribution is -2.42. The maximum atomic E-state index is 12.2. The number of hydrogen-bond donors (Lipinski definition) is 1. The minimum atomic E-state index is -4.07. The van der Waals surface area contributed by atoms with Crippen molar-refractivity contribution in [3.8, 4) is 0 Å². The van der Waals surface area contributed by atoms with Gasteiger partial charge in [-0.25, -0.2) is 0 Å². The van der Waals surface area contributed by atoms with Crippen LogP contribution in [0.1, 0.15) is 12.8 Å². The highest BCUT2D eigenvalue weighted by molar-refractivity contribution is 4.75. The van der Waals surface area contributed by atoms with Gasteiger partial charge >= 0.3 is 6.18 Å². The van der Waals surface area contributed by atoms with Crippen molar-refractivity contribution >= 4 is 0 Å². The molecule has 1 saturated heterocycles. The van der Waals surface area contributed by atoms with Gasteiger partial charge in [0.15, 0.2) is 0 Å². The van der Waals surface area contributed by atoms with Crippen molar-refractivity contribution in [2.45, 2.75) is 19.0 Å². The summed E-state index contributed by atoms with van der Waals surface area (Å²) < 4.78 is 41.4. The van der Waals surface area contributed by atoms with E-state index < -0.39 is 12.7 Å². The van der Waals surface area contributed by atoms with Crippen LogP contribution in [-0.2, 0) is 4.74 Å². The van der Waals surface area contributed by atoms with Crippen molar-refractivity contribution < 1.29 is 17.9 Å². The second kappa shape index (κ2) is 7.18. The molecule has 0 bridgehead atoms. The lowest BCUT2D eigenvalue weighted by Gasteiger charge is -2.32. The van der Waals surface area contributed by atoms with Crippen molar-refractivity contribution in [3.63, 3.8) is 0 Å². The molecule has 1 N–H and O–H groups in total. The van der Waals surface area contributed by atoms with Crippen LogP contribution in [0.3, 0.4) is 0 Å². The molecule has 0 saturated carbocycles. The van der Waals surface area contributed by atoms with E-state index in [1.165, 1.54) is 4.90 Å². The molecule has 0 radical (unpaired) electrons. The Labute approximate surface area is 100 Å². The van der Waals surface area contributed by atoms with Crippen molar-refractivity contribution in [1.29, 1.82) is 0 Å². The van der Waals surface area contributed by atoms with Gasteiger partial charge in [0.05, 0.1) is 13.2 Å². The van der Waals surface area contributed by atoms with Crippen LogP contribution in [-0.4, -0.2) is 57.5 Å². The summed E-state index contributed by atoms with van der Waals surface area (Å²) in [5.41, 5.74) is 0. The van der Waals surface area contributed by atoms with Gasteiger partial charge in [0.1, 0.15) is 0 Å². The van der Waals surface area contributed by atoms with E-state index in [2.05, 4.69) is 5.32 Å². The summed E-state index contributed by atoms with van der Waals surface area (Å²) in [6, 6.07) is 0. The van der Waals surface area contributed by atoms with Crippen molar-refractivity contribution in [3.05, 3.63) is 0 Å². The third-order valence-corrected chi connectivity index (χ3v) is 3.03. The van der Waals surface area contributed by atoms with Crippen LogP contribution in [0.4, 0.5) is 13.2 Å². The molecule has 1 heterocycles. The van der Waals surface area contributed by atoms with Gasteiger partial charge < -0.3 is 10.1 Å². The number of halogens is 3. The molecule has 102 valence electrons. The summed E-state index contributed by atoms with van der Waals surface area (Å²) >= 11 is 0. The molecule has 1 aliphatic rings. The highest BCUT2D eigenvalue weighted by atomic mass is 19.4. The number of rotatable bonds is 6. The van der Waals surface area contributed by atoms with Crippen LogP contribution in [0.5, 0.6) is 0 Å². The van der Waals surface area contributed by atoms with Gasteiger partial charge in [0.2, 0.25) is 0 Å². The van der Waals surface area contributed by atoms with E-state index in [9.17, 15) is 13.2 Å². The molecular weight excluding hydrogens is 233 g/mol. The average molecular weight is 254 g/mol. The number of piperidine rings is 1. The van der Waals surface area contributed by atoms with Crippen LogP contribution < -0.4 is 5.32 Å².